The van der Waals surface area contributed by atoms with Gasteiger partial charge in [0, 0.05) is 24.0 Å². The second-order valence-corrected chi connectivity index (χ2v) is 19.5. The highest BCUT2D eigenvalue weighted by molar-refractivity contribution is 5.73. The number of halogens is 2. The fourth-order valence-corrected chi connectivity index (χ4v) is 8.10. The molecule has 6 aromatic carbocycles. The van der Waals surface area contributed by atoms with Crippen LogP contribution in [0.2, 0.25) is 0 Å². The van der Waals surface area contributed by atoms with E-state index in [1.165, 1.54) is 19.2 Å². The summed E-state index contributed by atoms with van der Waals surface area (Å²) in [6, 6.07) is 36.5. The van der Waals surface area contributed by atoms with E-state index in [1.807, 2.05) is 98.8 Å². The van der Waals surface area contributed by atoms with E-state index in [1.54, 1.807) is 38.5 Å². The van der Waals surface area contributed by atoms with Crippen LogP contribution in [0.25, 0.3) is 22.3 Å². The van der Waals surface area contributed by atoms with Crippen molar-refractivity contribution in [2.75, 3.05) is 21.3 Å². The minimum absolute atomic E-state index is 0.0447. The van der Waals surface area contributed by atoms with Crippen molar-refractivity contribution >= 4 is 11.9 Å². The molecule has 0 fully saturated rings. The molecule has 2 atom stereocenters. The molecule has 0 spiro atoms. The van der Waals surface area contributed by atoms with Gasteiger partial charge in [0.1, 0.15) is 47.8 Å². The molecule has 8 nitrogen and oxygen atoms in total. The molecule has 6 aromatic rings. The van der Waals surface area contributed by atoms with Gasteiger partial charge in [-0.2, -0.15) is 0 Å². The summed E-state index contributed by atoms with van der Waals surface area (Å²) < 4.78 is 57.3. The van der Waals surface area contributed by atoms with Crippen LogP contribution in [-0.4, -0.2) is 38.4 Å². The Balaban J connectivity index is 0.000000271. The van der Waals surface area contributed by atoms with E-state index in [2.05, 4.69) is 65.2 Å². The quantitative estimate of drug-likeness (QED) is 0.0756. The van der Waals surface area contributed by atoms with Crippen molar-refractivity contribution in [3.05, 3.63) is 166 Å². The molecule has 0 aliphatic rings. The van der Waals surface area contributed by atoms with Gasteiger partial charge in [-0.1, -0.05) is 116 Å². The minimum atomic E-state index is -0.882. The Labute approximate surface area is 431 Å². The number of ether oxygens (including phenoxy) is 5. The fraction of sp³-hybridized carbons (Fsp3) is 0.333. The lowest BCUT2D eigenvalue weighted by molar-refractivity contribution is -0.141. The number of rotatable bonds is 16. The normalized spacial score (nSPS) is 11.8. The summed E-state index contributed by atoms with van der Waals surface area (Å²) in [7, 11) is 4.52. The van der Waals surface area contributed by atoms with E-state index in [-0.39, 0.29) is 53.1 Å². The number of carboxylic acids is 1. The van der Waals surface area contributed by atoms with Crippen LogP contribution in [0.5, 0.6) is 23.0 Å². The van der Waals surface area contributed by atoms with Crippen molar-refractivity contribution in [3.8, 4) is 68.9 Å². The maximum Gasteiger partial charge on any atom is 0.307 e. The average molecular weight is 991 g/mol. The van der Waals surface area contributed by atoms with Crippen LogP contribution in [0.3, 0.4) is 0 Å². The molecule has 382 valence electrons. The maximum atomic E-state index is 14.9. The van der Waals surface area contributed by atoms with Crippen molar-refractivity contribution < 1.29 is 47.2 Å². The summed E-state index contributed by atoms with van der Waals surface area (Å²) in [6.07, 6.45) is 1.55. The largest absolute Gasteiger partial charge is 0.497 e. The lowest BCUT2D eigenvalue weighted by Crippen LogP contribution is -2.13. The summed E-state index contributed by atoms with van der Waals surface area (Å²) in [5.74, 6) is 12.4. The van der Waals surface area contributed by atoms with Crippen LogP contribution in [0.15, 0.2) is 121 Å². The first kappa shape index (κ1) is 56.4. The van der Waals surface area contributed by atoms with Gasteiger partial charge >= 0.3 is 11.9 Å². The number of benzene rings is 6. The number of carboxylic acid groups (broad SMARTS) is 1. The molecule has 0 amide bonds. The van der Waals surface area contributed by atoms with Gasteiger partial charge < -0.3 is 28.8 Å². The smallest absolute Gasteiger partial charge is 0.307 e. The number of esters is 1. The highest BCUT2D eigenvalue weighted by Crippen LogP contribution is 2.39. The number of aliphatic carboxylic acids is 1. The van der Waals surface area contributed by atoms with E-state index in [4.69, 9.17) is 23.7 Å². The molecular formula is C63H68F2O8. The van der Waals surface area contributed by atoms with E-state index in [0.717, 1.165) is 44.5 Å². The zero-order valence-electron chi connectivity index (χ0n) is 44.0. The zero-order valence-corrected chi connectivity index (χ0v) is 44.0. The van der Waals surface area contributed by atoms with Gasteiger partial charge in [-0.25, -0.2) is 8.78 Å². The third-order valence-corrected chi connectivity index (χ3v) is 12.0. The Kier molecular flexibility index (Phi) is 20.2. The molecule has 0 heterocycles. The summed E-state index contributed by atoms with van der Waals surface area (Å²) in [6.45, 7) is 17.2. The van der Waals surface area contributed by atoms with Crippen LogP contribution in [-0.2, 0) is 38.4 Å². The van der Waals surface area contributed by atoms with Crippen LogP contribution in [0.1, 0.15) is 126 Å². The van der Waals surface area contributed by atoms with Gasteiger partial charge in [0.05, 0.1) is 46.0 Å². The van der Waals surface area contributed by atoms with Gasteiger partial charge in [-0.3, -0.25) is 9.59 Å². The average Bonchev–Trinajstić information content (AvgIpc) is 3.37. The first-order valence-electron chi connectivity index (χ1n) is 24.4. The summed E-state index contributed by atoms with van der Waals surface area (Å²) in [4.78, 5) is 23.0. The Hall–Kier alpha value is -7.56. The van der Waals surface area contributed by atoms with Gasteiger partial charge in [0.15, 0.2) is 0 Å². The molecule has 0 aromatic heterocycles. The van der Waals surface area contributed by atoms with Crippen molar-refractivity contribution in [1.82, 2.24) is 0 Å². The van der Waals surface area contributed by atoms with Gasteiger partial charge in [-0.15, -0.1) is 11.8 Å². The summed E-state index contributed by atoms with van der Waals surface area (Å²) in [5, 5.41) is 9.21. The second kappa shape index (κ2) is 26.2. The number of hydrogen-bond acceptors (Lipinski definition) is 7. The first-order chi connectivity index (χ1) is 34.8. The standard InChI is InChI=1S/C32H35FO4.C31H33FO4/c1-7-8-9-24(19-31(34)36-6)23-11-13-25(14-12-23)37-21-22-10-16-29(32(2,3)4)27(18-22)28-20-26(35-5)15-17-30(28)33;1-6-7-8-23(18-30(33)34)22-10-12-24(13-11-22)36-20-21-9-15-28(31(2,3)4)26(17-21)27-19-25(35-5)14-16-29(27)32/h10-18,20,24H,7,19,21H2,1-6H3;9-17,19,23H,6,18,20H2,1-5H3,(H,33,34)/t24-;23-/m00/s1. The molecule has 0 saturated heterocycles. The molecule has 0 saturated carbocycles. The fourth-order valence-electron chi connectivity index (χ4n) is 8.10. The van der Waals surface area contributed by atoms with E-state index in [0.29, 0.717) is 60.2 Å². The first-order valence-corrected chi connectivity index (χ1v) is 24.4. The lowest BCUT2D eigenvalue weighted by Gasteiger charge is -2.24. The van der Waals surface area contributed by atoms with Crippen molar-refractivity contribution in [3.63, 3.8) is 0 Å². The van der Waals surface area contributed by atoms with Crippen molar-refractivity contribution in [2.45, 2.75) is 117 Å². The molecular weight excluding hydrogens is 923 g/mol. The Morgan fingerprint density at radius 2 is 0.904 bits per heavy atom. The van der Waals surface area contributed by atoms with E-state index in [9.17, 15) is 23.5 Å². The van der Waals surface area contributed by atoms with Crippen LogP contribution < -0.4 is 18.9 Å². The SMILES string of the molecule is CCC#C[C@@H](CC(=O)O)c1ccc(OCc2ccc(C(C)(C)C)c(-c3cc(OC)ccc3F)c2)cc1.CCC#C[C@@H](CC(=O)OC)c1ccc(OCc2ccc(C(C)(C)C)c(-c3cc(OC)ccc3F)c2)cc1. The highest BCUT2D eigenvalue weighted by Gasteiger charge is 2.24. The van der Waals surface area contributed by atoms with Crippen molar-refractivity contribution in [1.29, 1.82) is 0 Å². The molecule has 73 heavy (non-hydrogen) atoms. The predicted octanol–water partition coefficient (Wildman–Crippen LogP) is 14.8. The summed E-state index contributed by atoms with van der Waals surface area (Å²) in [5.41, 5.74) is 7.92. The van der Waals surface area contributed by atoms with Crippen LogP contribution in [0.4, 0.5) is 8.78 Å². The van der Waals surface area contributed by atoms with Crippen molar-refractivity contribution in [2.24, 2.45) is 0 Å². The van der Waals surface area contributed by atoms with Gasteiger partial charge in [-0.05, 0) is 128 Å². The topological polar surface area (TPSA) is 101 Å². The molecule has 10 heteroatoms. The van der Waals surface area contributed by atoms with E-state index < -0.39 is 5.97 Å². The molecule has 0 aliphatic heterocycles. The van der Waals surface area contributed by atoms with Crippen LogP contribution in [0, 0.1) is 35.3 Å². The Morgan fingerprint density at radius 3 is 1.25 bits per heavy atom. The lowest BCUT2D eigenvalue weighted by atomic mass is 9.81. The number of carbonyl (C=O) groups is 2. The molecule has 0 aliphatic carbocycles. The predicted molar refractivity (Wildman–Crippen MR) is 286 cm³/mol. The highest BCUT2D eigenvalue weighted by atomic mass is 19.1. The zero-order chi connectivity index (χ0) is 53.3. The Morgan fingerprint density at radius 1 is 0.521 bits per heavy atom. The molecule has 6 rings (SSSR count). The third-order valence-electron chi connectivity index (χ3n) is 12.0. The molecule has 0 bridgehead atoms. The monoisotopic (exact) mass is 990 g/mol. The number of methoxy groups -OCH3 is 3. The van der Waals surface area contributed by atoms with E-state index >= 15 is 0 Å². The van der Waals surface area contributed by atoms with Gasteiger partial charge in [0.2, 0.25) is 0 Å². The van der Waals surface area contributed by atoms with Crippen LogP contribution >= 0.6 is 0 Å². The maximum absolute atomic E-state index is 14.9. The second-order valence-electron chi connectivity index (χ2n) is 19.5. The molecule has 0 unspecified atom stereocenters. The Bertz CT molecular complexity index is 2940. The third kappa shape index (κ3) is 16.2. The minimum Gasteiger partial charge on any atom is -0.497 e. The number of hydrogen-bond donors (Lipinski definition) is 1. The number of carbonyl (C=O) groups excluding carboxylic acids is 1. The molecule has 1 N–H and O–H groups in total. The molecule has 0 radical (unpaired) electrons. The van der Waals surface area contributed by atoms with Gasteiger partial charge in [0.25, 0.3) is 0 Å². The summed E-state index contributed by atoms with van der Waals surface area (Å²) >= 11 is 0.